The van der Waals surface area contributed by atoms with Gasteiger partial charge < -0.3 is 5.32 Å². The van der Waals surface area contributed by atoms with Gasteiger partial charge in [-0.25, -0.2) is 9.37 Å². The molecule has 0 bridgehead atoms. The number of aromatic amines is 1. The number of carbonyl (C=O) groups is 1. The van der Waals surface area contributed by atoms with Crippen molar-refractivity contribution in [1.29, 1.82) is 0 Å². The Balaban J connectivity index is 1.85. The minimum Gasteiger partial charge on any atom is -0.322 e. The number of hydrogen-bond acceptors (Lipinski definition) is 3. The SMILES string of the molecule is Cc1cc(F)ccc1NC(=O)c1cccc(-c2ncn[nH]2)c1. The number of rotatable bonds is 3. The lowest BCUT2D eigenvalue weighted by atomic mass is 10.1. The zero-order chi connectivity index (χ0) is 15.5. The number of amides is 1. The highest BCUT2D eigenvalue weighted by Gasteiger charge is 2.10. The molecule has 0 atom stereocenters. The van der Waals surface area contributed by atoms with Crippen LogP contribution in [0, 0.1) is 12.7 Å². The second-order valence-electron chi connectivity index (χ2n) is 4.83. The van der Waals surface area contributed by atoms with Crippen molar-refractivity contribution in [2.45, 2.75) is 6.92 Å². The number of carbonyl (C=O) groups excluding carboxylic acids is 1. The number of anilines is 1. The minimum absolute atomic E-state index is 0.268. The molecule has 1 amide bonds. The molecule has 0 spiro atoms. The van der Waals surface area contributed by atoms with Crippen LogP contribution in [0.3, 0.4) is 0 Å². The summed E-state index contributed by atoms with van der Waals surface area (Å²) >= 11 is 0. The van der Waals surface area contributed by atoms with E-state index >= 15 is 0 Å². The topological polar surface area (TPSA) is 70.7 Å². The third kappa shape index (κ3) is 2.85. The fourth-order valence-electron chi connectivity index (χ4n) is 2.11. The molecule has 0 unspecified atom stereocenters. The molecule has 0 radical (unpaired) electrons. The molecule has 0 aliphatic rings. The van der Waals surface area contributed by atoms with Crippen LogP contribution in [-0.4, -0.2) is 21.1 Å². The van der Waals surface area contributed by atoms with Crippen LogP contribution < -0.4 is 5.32 Å². The van der Waals surface area contributed by atoms with Gasteiger partial charge >= 0.3 is 0 Å². The first-order chi connectivity index (χ1) is 10.6. The third-order valence-corrected chi connectivity index (χ3v) is 3.25. The Morgan fingerprint density at radius 2 is 2.09 bits per heavy atom. The Hall–Kier alpha value is -3.02. The van der Waals surface area contributed by atoms with Crippen molar-refractivity contribution in [3.05, 3.63) is 65.7 Å². The van der Waals surface area contributed by atoms with E-state index in [-0.39, 0.29) is 11.7 Å². The molecule has 3 rings (SSSR count). The summed E-state index contributed by atoms with van der Waals surface area (Å²) in [6.07, 6.45) is 1.41. The first kappa shape index (κ1) is 13.9. The van der Waals surface area contributed by atoms with Crippen LogP contribution in [0.4, 0.5) is 10.1 Å². The molecule has 0 fully saturated rings. The van der Waals surface area contributed by atoms with Gasteiger partial charge in [-0.1, -0.05) is 12.1 Å². The molecule has 1 aromatic heterocycles. The number of aryl methyl sites for hydroxylation is 1. The third-order valence-electron chi connectivity index (χ3n) is 3.25. The maximum absolute atomic E-state index is 13.1. The van der Waals surface area contributed by atoms with Crippen molar-refractivity contribution < 1.29 is 9.18 Å². The molecule has 2 aromatic carbocycles. The van der Waals surface area contributed by atoms with Gasteiger partial charge in [-0.3, -0.25) is 9.89 Å². The molecular weight excluding hydrogens is 283 g/mol. The molecule has 22 heavy (non-hydrogen) atoms. The summed E-state index contributed by atoms with van der Waals surface area (Å²) in [5.41, 5.74) is 2.50. The van der Waals surface area contributed by atoms with Gasteiger partial charge in [-0.15, -0.1) is 0 Å². The van der Waals surface area contributed by atoms with Crippen LogP contribution in [0.2, 0.25) is 0 Å². The first-order valence-electron chi connectivity index (χ1n) is 6.67. The molecule has 6 heteroatoms. The number of benzene rings is 2. The van der Waals surface area contributed by atoms with Gasteiger partial charge in [0.2, 0.25) is 0 Å². The molecule has 0 aliphatic carbocycles. The summed E-state index contributed by atoms with van der Waals surface area (Å²) in [5, 5.41) is 9.31. The van der Waals surface area contributed by atoms with Gasteiger partial charge in [-0.2, -0.15) is 5.10 Å². The number of nitrogens with one attached hydrogen (secondary N) is 2. The summed E-state index contributed by atoms with van der Waals surface area (Å²) in [7, 11) is 0. The fourth-order valence-corrected chi connectivity index (χ4v) is 2.11. The predicted molar refractivity (Wildman–Crippen MR) is 80.9 cm³/mol. The lowest BCUT2D eigenvalue weighted by molar-refractivity contribution is 0.102. The monoisotopic (exact) mass is 296 g/mol. The molecule has 110 valence electrons. The van der Waals surface area contributed by atoms with E-state index in [1.54, 1.807) is 31.2 Å². The summed E-state index contributed by atoms with van der Waals surface area (Å²) < 4.78 is 13.1. The highest BCUT2D eigenvalue weighted by atomic mass is 19.1. The molecule has 0 aliphatic heterocycles. The second-order valence-corrected chi connectivity index (χ2v) is 4.83. The quantitative estimate of drug-likeness (QED) is 0.780. The molecular formula is C16H13FN4O. The summed E-state index contributed by atoms with van der Waals surface area (Å²) in [5.74, 6) is -0.00787. The Kier molecular flexibility index (Phi) is 3.65. The van der Waals surface area contributed by atoms with Crippen molar-refractivity contribution in [2.75, 3.05) is 5.32 Å². The minimum atomic E-state index is -0.331. The Morgan fingerprint density at radius 1 is 1.23 bits per heavy atom. The zero-order valence-electron chi connectivity index (χ0n) is 11.8. The number of H-pyrrole nitrogens is 1. The van der Waals surface area contributed by atoms with Crippen LogP contribution in [0.5, 0.6) is 0 Å². The van der Waals surface area contributed by atoms with E-state index in [0.29, 0.717) is 22.6 Å². The van der Waals surface area contributed by atoms with Gasteiger partial charge in [0.1, 0.15) is 12.1 Å². The Labute approximate surface area is 126 Å². The molecule has 0 saturated carbocycles. The molecule has 1 heterocycles. The molecule has 2 N–H and O–H groups in total. The van der Waals surface area contributed by atoms with Crippen LogP contribution in [-0.2, 0) is 0 Å². The Bertz CT molecular complexity index is 815. The van der Waals surface area contributed by atoms with E-state index in [1.807, 2.05) is 6.07 Å². The van der Waals surface area contributed by atoms with Gasteiger partial charge in [0.05, 0.1) is 0 Å². The molecule has 0 saturated heterocycles. The highest BCUT2D eigenvalue weighted by Crippen LogP contribution is 2.19. The number of aromatic nitrogens is 3. The number of halogens is 1. The van der Waals surface area contributed by atoms with Gasteiger partial charge in [0.25, 0.3) is 5.91 Å². The van der Waals surface area contributed by atoms with Crippen molar-refractivity contribution >= 4 is 11.6 Å². The fraction of sp³-hybridized carbons (Fsp3) is 0.0625. The smallest absolute Gasteiger partial charge is 0.255 e. The van der Waals surface area contributed by atoms with Crippen LogP contribution >= 0.6 is 0 Å². The van der Waals surface area contributed by atoms with Crippen molar-refractivity contribution in [3.63, 3.8) is 0 Å². The maximum Gasteiger partial charge on any atom is 0.255 e. The average molecular weight is 296 g/mol. The van der Waals surface area contributed by atoms with Crippen LogP contribution in [0.25, 0.3) is 11.4 Å². The first-order valence-corrected chi connectivity index (χ1v) is 6.67. The predicted octanol–water partition coefficient (Wildman–Crippen LogP) is 3.17. The lowest BCUT2D eigenvalue weighted by Crippen LogP contribution is -2.12. The van der Waals surface area contributed by atoms with Gasteiger partial charge in [0.15, 0.2) is 5.82 Å². The van der Waals surface area contributed by atoms with E-state index < -0.39 is 0 Å². The van der Waals surface area contributed by atoms with Crippen LogP contribution in [0.1, 0.15) is 15.9 Å². The summed E-state index contributed by atoms with van der Waals surface area (Å²) in [6.45, 7) is 1.74. The normalized spacial score (nSPS) is 10.5. The average Bonchev–Trinajstić information content (AvgIpc) is 3.04. The van der Waals surface area contributed by atoms with E-state index in [9.17, 15) is 9.18 Å². The van der Waals surface area contributed by atoms with E-state index in [0.717, 1.165) is 5.56 Å². The summed E-state index contributed by atoms with van der Waals surface area (Å²) in [4.78, 5) is 16.4. The Morgan fingerprint density at radius 3 is 2.82 bits per heavy atom. The lowest BCUT2D eigenvalue weighted by Gasteiger charge is -2.09. The standard InChI is InChI=1S/C16H13FN4O/c1-10-7-13(17)5-6-14(10)20-16(22)12-4-2-3-11(8-12)15-18-9-19-21-15/h2-9H,1H3,(H,20,22)(H,18,19,21). The second kappa shape index (κ2) is 5.77. The zero-order valence-corrected chi connectivity index (χ0v) is 11.8. The van der Waals surface area contributed by atoms with Gasteiger partial charge in [0, 0.05) is 16.8 Å². The highest BCUT2D eigenvalue weighted by molar-refractivity contribution is 6.05. The number of hydrogen-bond donors (Lipinski definition) is 2. The molecule has 3 aromatic rings. The van der Waals surface area contributed by atoms with Crippen molar-refractivity contribution in [3.8, 4) is 11.4 Å². The number of nitrogens with zero attached hydrogens (tertiary/aromatic N) is 2. The van der Waals surface area contributed by atoms with Gasteiger partial charge in [-0.05, 0) is 42.8 Å². The van der Waals surface area contributed by atoms with Crippen molar-refractivity contribution in [2.24, 2.45) is 0 Å². The molecule has 5 nitrogen and oxygen atoms in total. The van der Waals surface area contributed by atoms with Crippen molar-refractivity contribution in [1.82, 2.24) is 15.2 Å². The maximum atomic E-state index is 13.1. The summed E-state index contributed by atoms with van der Waals surface area (Å²) in [6, 6.07) is 11.3. The van der Waals surface area contributed by atoms with E-state index in [4.69, 9.17) is 0 Å². The largest absolute Gasteiger partial charge is 0.322 e. The van der Waals surface area contributed by atoms with Crippen LogP contribution in [0.15, 0.2) is 48.8 Å². The van der Waals surface area contributed by atoms with E-state index in [2.05, 4.69) is 20.5 Å². The van der Waals surface area contributed by atoms with E-state index in [1.165, 1.54) is 18.5 Å².